The van der Waals surface area contributed by atoms with Crippen LogP contribution in [0.1, 0.15) is 23.7 Å². The fraction of sp³-hybridized carbons (Fsp3) is 0.350. The molecular formula is C20H21N5O2S4. The smallest absolute Gasteiger partial charge is 0.272 e. The molecule has 0 fully saturated rings. The van der Waals surface area contributed by atoms with Crippen molar-refractivity contribution >= 4 is 57.7 Å². The van der Waals surface area contributed by atoms with Crippen molar-refractivity contribution in [3.63, 3.8) is 0 Å². The second kappa shape index (κ2) is 9.76. The van der Waals surface area contributed by atoms with Gasteiger partial charge in [0.25, 0.3) is 5.56 Å². The molecule has 0 saturated carbocycles. The molecule has 3 aromatic rings. The Labute approximate surface area is 196 Å². The number of aromatic nitrogens is 4. The Morgan fingerprint density at radius 3 is 2.71 bits per heavy atom. The number of benzene rings is 1. The van der Waals surface area contributed by atoms with Gasteiger partial charge in [-0.25, -0.2) is 4.98 Å². The zero-order valence-electron chi connectivity index (χ0n) is 17.3. The Kier molecular flexibility index (Phi) is 7.05. The van der Waals surface area contributed by atoms with E-state index in [0.29, 0.717) is 15.2 Å². The Balaban J connectivity index is 1.59. The van der Waals surface area contributed by atoms with Crippen LogP contribution in [0.5, 0.6) is 0 Å². The summed E-state index contributed by atoms with van der Waals surface area (Å²) in [6.45, 7) is 6.05. The van der Waals surface area contributed by atoms with Crippen LogP contribution in [0.15, 0.2) is 37.4 Å². The summed E-state index contributed by atoms with van der Waals surface area (Å²) in [6.07, 6.45) is 0.769. The van der Waals surface area contributed by atoms with Crippen LogP contribution in [0.3, 0.4) is 0 Å². The molecule has 0 atom stereocenters. The van der Waals surface area contributed by atoms with Gasteiger partial charge >= 0.3 is 0 Å². The Bertz CT molecular complexity index is 1170. The summed E-state index contributed by atoms with van der Waals surface area (Å²) < 4.78 is 2.46. The minimum atomic E-state index is -0.203. The molecule has 0 unspecified atom stereocenters. The maximum absolute atomic E-state index is 13.3. The van der Waals surface area contributed by atoms with Gasteiger partial charge in [0.05, 0.1) is 22.0 Å². The fourth-order valence-electron chi connectivity index (χ4n) is 3.22. The van der Waals surface area contributed by atoms with Gasteiger partial charge in [-0.3, -0.25) is 19.5 Å². The minimum Gasteiger partial charge on any atom is -0.300 e. The summed E-state index contributed by atoms with van der Waals surface area (Å²) in [5, 5.41) is 11.9. The van der Waals surface area contributed by atoms with E-state index in [1.807, 2.05) is 32.9 Å². The van der Waals surface area contributed by atoms with Crippen molar-refractivity contribution in [1.29, 1.82) is 0 Å². The summed E-state index contributed by atoms with van der Waals surface area (Å²) in [5.74, 6) is 1.68. The van der Waals surface area contributed by atoms with Crippen molar-refractivity contribution in [3.8, 4) is 5.69 Å². The molecule has 0 spiro atoms. The van der Waals surface area contributed by atoms with E-state index in [9.17, 15) is 9.59 Å². The number of hydrogen-bond acceptors (Lipinski definition) is 9. The van der Waals surface area contributed by atoms with Crippen LogP contribution in [0, 0.1) is 13.8 Å². The number of nitrogens with zero attached hydrogens (tertiary/aromatic N) is 4. The van der Waals surface area contributed by atoms with E-state index in [1.54, 1.807) is 28.1 Å². The average Bonchev–Trinajstić information content (AvgIpc) is 3.35. The zero-order chi connectivity index (χ0) is 22.0. The number of carbonyl (C=O) groups is 1. The molecule has 1 N–H and O–H groups in total. The number of thioether (sulfide) groups is 3. The third kappa shape index (κ3) is 5.16. The minimum absolute atomic E-state index is 0.0641. The Hall–Kier alpha value is -1.82. The Morgan fingerprint density at radius 1 is 1.19 bits per heavy atom. The van der Waals surface area contributed by atoms with E-state index < -0.39 is 0 Å². The van der Waals surface area contributed by atoms with Crippen LogP contribution < -0.4 is 10.9 Å². The van der Waals surface area contributed by atoms with Crippen molar-refractivity contribution in [3.05, 3.63) is 45.4 Å². The van der Waals surface area contributed by atoms with E-state index in [1.165, 1.54) is 23.1 Å². The molecule has 2 aromatic heterocycles. The highest BCUT2D eigenvalue weighted by Crippen LogP contribution is 2.30. The van der Waals surface area contributed by atoms with Gasteiger partial charge in [-0.2, -0.15) is 0 Å². The highest BCUT2D eigenvalue weighted by atomic mass is 32.2. The molecule has 1 aliphatic rings. The van der Waals surface area contributed by atoms with E-state index in [2.05, 4.69) is 21.6 Å². The molecule has 0 aliphatic carbocycles. The van der Waals surface area contributed by atoms with E-state index in [-0.39, 0.29) is 17.2 Å². The lowest BCUT2D eigenvalue weighted by molar-refractivity contribution is -0.113. The molecule has 31 heavy (non-hydrogen) atoms. The number of anilines is 1. The molecule has 162 valence electrons. The number of carbonyl (C=O) groups excluding carboxylic acids is 1. The molecule has 3 heterocycles. The first kappa shape index (κ1) is 22.4. The van der Waals surface area contributed by atoms with Crippen molar-refractivity contribution < 1.29 is 4.79 Å². The van der Waals surface area contributed by atoms with E-state index in [4.69, 9.17) is 4.98 Å². The van der Waals surface area contributed by atoms with Gasteiger partial charge in [-0.1, -0.05) is 47.9 Å². The van der Waals surface area contributed by atoms with Gasteiger partial charge in [0.15, 0.2) is 9.50 Å². The number of rotatable bonds is 7. The van der Waals surface area contributed by atoms with Crippen LogP contribution in [-0.4, -0.2) is 42.9 Å². The topological polar surface area (TPSA) is 89.8 Å². The van der Waals surface area contributed by atoms with Crippen molar-refractivity contribution in [2.45, 2.75) is 41.6 Å². The van der Waals surface area contributed by atoms with Gasteiger partial charge in [-0.05, 0) is 42.9 Å². The number of amides is 1. The predicted octanol–water partition coefficient (Wildman–Crippen LogP) is 4.19. The third-order valence-electron chi connectivity index (χ3n) is 4.38. The standard InChI is InChI=1S/C20H21N5O2S4/c1-4-28-20-24-23-18(31-20)22-15(26)10-30-19-21-14-5-6-29-16(14)17(27)25(19)13-8-11(2)7-12(3)9-13/h7-9H,4-6,10H2,1-3H3,(H,22,23,26). The average molecular weight is 492 g/mol. The molecule has 0 bridgehead atoms. The highest BCUT2D eigenvalue weighted by molar-refractivity contribution is 8.01. The second-order valence-corrected chi connectivity index (χ2v) is 11.4. The third-order valence-corrected chi connectivity index (χ3v) is 8.28. The summed E-state index contributed by atoms with van der Waals surface area (Å²) in [6, 6.07) is 6.01. The first-order valence-electron chi connectivity index (χ1n) is 9.71. The SMILES string of the molecule is CCSc1nnc(NC(=O)CSc2nc3c(c(=O)n2-c2cc(C)cc(C)c2)SCC3)s1. The second-order valence-electron chi connectivity index (χ2n) is 6.90. The maximum Gasteiger partial charge on any atom is 0.272 e. The summed E-state index contributed by atoms with van der Waals surface area (Å²) in [5.41, 5.74) is 3.68. The first-order chi connectivity index (χ1) is 14.9. The van der Waals surface area contributed by atoms with E-state index >= 15 is 0 Å². The molecule has 11 heteroatoms. The Morgan fingerprint density at radius 2 is 1.97 bits per heavy atom. The number of aryl methyl sites for hydroxylation is 3. The summed E-state index contributed by atoms with van der Waals surface area (Å²) in [7, 11) is 0. The van der Waals surface area contributed by atoms with Crippen LogP contribution in [-0.2, 0) is 11.2 Å². The predicted molar refractivity (Wildman–Crippen MR) is 129 cm³/mol. The highest BCUT2D eigenvalue weighted by Gasteiger charge is 2.23. The van der Waals surface area contributed by atoms with Crippen LogP contribution in [0.4, 0.5) is 5.13 Å². The number of fused-ring (bicyclic) bond motifs is 1. The van der Waals surface area contributed by atoms with Crippen LogP contribution >= 0.6 is 46.6 Å². The van der Waals surface area contributed by atoms with Crippen molar-refractivity contribution in [1.82, 2.24) is 19.7 Å². The molecule has 1 aliphatic heterocycles. The first-order valence-corrected chi connectivity index (χ1v) is 13.5. The molecular weight excluding hydrogens is 471 g/mol. The fourth-order valence-corrected chi connectivity index (χ4v) is 6.74. The normalized spacial score (nSPS) is 12.7. The van der Waals surface area contributed by atoms with Crippen LogP contribution in [0.2, 0.25) is 0 Å². The molecule has 7 nitrogen and oxygen atoms in total. The molecule has 4 rings (SSSR count). The molecule has 1 aromatic carbocycles. The quantitative estimate of drug-likeness (QED) is 0.299. The van der Waals surface area contributed by atoms with Gasteiger partial charge in [0.1, 0.15) is 0 Å². The van der Waals surface area contributed by atoms with Crippen LogP contribution in [0.25, 0.3) is 5.69 Å². The lowest BCUT2D eigenvalue weighted by Crippen LogP contribution is -2.25. The monoisotopic (exact) mass is 491 g/mol. The van der Waals surface area contributed by atoms with Gasteiger partial charge < -0.3 is 0 Å². The lowest BCUT2D eigenvalue weighted by Gasteiger charge is -2.14. The molecule has 1 amide bonds. The lowest BCUT2D eigenvalue weighted by atomic mass is 10.1. The summed E-state index contributed by atoms with van der Waals surface area (Å²) >= 11 is 5.75. The van der Waals surface area contributed by atoms with Gasteiger partial charge in [0, 0.05) is 12.2 Å². The maximum atomic E-state index is 13.3. The van der Waals surface area contributed by atoms with E-state index in [0.717, 1.165) is 44.8 Å². The molecule has 0 saturated heterocycles. The largest absolute Gasteiger partial charge is 0.300 e. The summed E-state index contributed by atoms with van der Waals surface area (Å²) in [4.78, 5) is 31.2. The number of nitrogens with one attached hydrogen (secondary N) is 1. The number of hydrogen-bond donors (Lipinski definition) is 1. The molecule has 0 radical (unpaired) electrons. The van der Waals surface area contributed by atoms with Crippen molar-refractivity contribution in [2.24, 2.45) is 0 Å². The zero-order valence-corrected chi connectivity index (χ0v) is 20.6. The van der Waals surface area contributed by atoms with Gasteiger partial charge in [0.2, 0.25) is 11.0 Å². The van der Waals surface area contributed by atoms with Gasteiger partial charge in [-0.15, -0.1) is 22.0 Å². The van der Waals surface area contributed by atoms with Crippen molar-refractivity contribution in [2.75, 3.05) is 22.6 Å².